The predicted molar refractivity (Wildman–Crippen MR) is 89.2 cm³/mol. The standard InChI is InChI=1S/C17H36OS/c1-3-5-7-8-9-10-11-12-13-15-17-19(18)16-14-6-4-2/h3-17H2,1-2H3. The summed E-state index contributed by atoms with van der Waals surface area (Å²) in [6, 6.07) is 0. The van der Waals surface area contributed by atoms with E-state index in [1.54, 1.807) is 0 Å². The Balaban J connectivity index is 3.07. The van der Waals surface area contributed by atoms with Crippen LogP contribution in [0.3, 0.4) is 0 Å². The van der Waals surface area contributed by atoms with Crippen LogP contribution in [-0.4, -0.2) is 15.7 Å². The first kappa shape index (κ1) is 19.1. The summed E-state index contributed by atoms with van der Waals surface area (Å²) in [7, 11) is -0.534. The molecule has 1 nitrogen and oxygen atoms in total. The van der Waals surface area contributed by atoms with Crippen molar-refractivity contribution in [2.24, 2.45) is 0 Å². The Morgan fingerprint density at radius 2 is 0.842 bits per heavy atom. The van der Waals surface area contributed by atoms with Crippen LogP contribution < -0.4 is 0 Å². The van der Waals surface area contributed by atoms with Crippen molar-refractivity contribution < 1.29 is 4.21 Å². The summed E-state index contributed by atoms with van der Waals surface area (Å²) >= 11 is 0. The van der Waals surface area contributed by atoms with E-state index in [0.29, 0.717) is 0 Å². The molecule has 19 heavy (non-hydrogen) atoms. The molecule has 0 aromatic carbocycles. The second-order valence-corrected chi connectivity index (χ2v) is 7.43. The van der Waals surface area contributed by atoms with E-state index in [-0.39, 0.29) is 0 Å². The number of hydrogen-bond acceptors (Lipinski definition) is 1. The summed E-state index contributed by atoms with van der Waals surface area (Å²) < 4.78 is 11.7. The third kappa shape index (κ3) is 16.1. The van der Waals surface area contributed by atoms with Gasteiger partial charge in [-0.25, -0.2) is 0 Å². The van der Waals surface area contributed by atoms with Crippen LogP contribution in [-0.2, 0) is 10.8 Å². The Labute approximate surface area is 124 Å². The minimum Gasteiger partial charge on any atom is -0.260 e. The molecule has 0 heterocycles. The maximum absolute atomic E-state index is 11.7. The fourth-order valence-electron chi connectivity index (χ4n) is 2.37. The number of hydrogen-bond donors (Lipinski definition) is 0. The van der Waals surface area contributed by atoms with Crippen molar-refractivity contribution in [1.82, 2.24) is 0 Å². The Morgan fingerprint density at radius 1 is 0.526 bits per heavy atom. The maximum Gasteiger partial charge on any atom is 0.0234 e. The highest BCUT2D eigenvalue weighted by molar-refractivity contribution is 7.84. The molecule has 0 aromatic rings. The van der Waals surface area contributed by atoms with Crippen molar-refractivity contribution in [2.45, 2.75) is 97.3 Å². The molecule has 0 aliphatic heterocycles. The molecular weight excluding hydrogens is 252 g/mol. The molecule has 0 fully saturated rings. The van der Waals surface area contributed by atoms with Gasteiger partial charge in [0.1, 0.15) is 0 Å². The van der Waals surface area contributed by atoms with Crippen molar-refractivity contribution >= 4 is 10.8 Å². The minimum absolute atomic E-state index is 0.534. The van der Waals surface area contributed by atoms with Gasteiger partial charge in [0.15, 0.2) is 0 Å². The highest BCUT2D eigenvalue weighted by atomic mass is 32.2. The average molecular weight is 289 g/mol. The van der Waals surface area contributed by atoms with E-state index in [4.69, 9.17) is 0 Å². The molecule has 0 saturated heterocycles. The first-order chi connectivity index (χ1) is 9.31. The van der Waals surface area contributed by atoms with Crippen molar-refractivity contribution in [3.63, 3.8) is 0 Å². The average Bonchev–Trinajstić information content (AvgIpc) is 2.41. The highest BCUT2D eigenvalue weighted by Gasteiger charge is 1.99. The zero-order valence-electron chi connectivity index (χ0n) is 13.4. The van der Waals surface area contributed by atoms with Crippen molar-refractivity contribution in [3.05, 3.63) is 0 Å². The number of rotatable bonds is 15. The fraction of sp³-hybridized carbons (Fsp3) is 1.00. The summed E-state index contributed by atoms with van der Waals surface area (Å²) in [6.45, 7) is 4.47. The Morgan fingerprint density at radius 3 is 1.32 bits per heavy atom. The third-order valence-corrected chi connectivity index (χ3v) is 5.19. The van der Waals surface area contributed by atoms with Gasteiger partial charge in [0, 0.05) is 22.3 Å². The van der Waals surface area contributed by atoms with E-state index < -0.39 is 10.8 Å². The van der Waals surface area contributed by atoms with Gasteiger partial charge in [0.2, 0.25) is 0 Å². The molecule has 0 aromatic heterocycles. The van der Waals surface area contributed by atoms with E-state index in [0.717, 1.165) is 17.9 Å². The van der Waals surface area contributed by atoms with Crippen LogP contribution in [0.5, 0.6) is 0 Å². The molecular formula is C17H36OS. The van der Waals surface area contributed by atoms with E-state index >= 15 is 0 Å². The van der Waals surface area contributed by atoms with Crippen LogP contribution in [0, 0.1) is 0 Å². The predicted octanol–water partition coefficient (Wildman–Crippen LogP) is 5.85. The Hall–Kier alpha value is 0.150. The molecule has 0 bridgehead atoms. The van der Waals surface area contributed by atoms with Gasteiger partial charge in [-0.15, -0.1) is 0 Å². The summed E-state index contributed by atoms with van der Waals surface area (Å²) in [6.07, 6.45) is 17.2. The fourth-order valence-corrected chi connectivity index (χ4v) is 3.62. The van der Waals surface area contributed by atoms with Crippen LogP contribution >= 0.6 is 0 Å². The first-order valence-corrected chi connectivity index (χ1v) is 10.1. The first-order valence-electron chi connectivity index (χ1n) is 8.66. The zero-order chi connectivity index (χ0) is 14.2. The van der Waals surface area contributed by atoms with Crippen LogP contribution in [0.25, 0.3) is 0 Å². The summed E-state index contributed by atoms with van der Waals surface area (Å²) in [4.78, 5) is 0. The monoisotopic (exact) mass is 288 g/mol. The van der Waals surface area contributed by atoms with Gasteiger partial charge >= 0.3 is 0 Å². The van der Waals surface area contributed by atoms with Crippen LogP contribution in [0.15, 0.2) is 0 Å². The van der Waals surface area contributed by atoms with Gasteiger partial charge < -0.3 is 0 Å². The molecule has 1 atom stereocenters. The molecule has 0 saturated carbocycles. The molecule has 0 rings (SSSR count). The van der Waals surface area contributed by atoms with Crippen molar-refractivity contribution in [2.75, 3.05) is 11.5 Å². The quantitative estimate of drug-likeness (QED) is 0.346. The normalized spacial score (nSPS) is 12.7. The topological polar surface area (TPSA) is 17.1 Å². The van der Waals surface area contributed by atoms with Crippen LogP contribution in [0.1, 0.15) is 97.3 Å². The van der Waals surface area contributed by atoms with Gasteiger partial charge in [-0.3, -0.25) is 4.21 Å². The second-order valence-electron chi connectivity index (χ2n) is 5.74. The van der Waals surface area contributed by atoms with Crippen LogP contribution in [0.2, 0.25) is 0 Å². The summed E-state index contributed by atoms with van der Waals surface area (Å²) in [5.74, 6) is 1.88. The molecule has 2 heteroatoms. The lowest BCUT2D eigenvalue weighted by Gasteiger charge is -2.03. The van der Waals surface area contributed by atoms with E-state index in [2.05, 4.69) is 13.8 Å². The van der Waals surface area contributed by atoms with E-state index in [1.807, 2.05) is 0 Å². The lowest BCUT2D eigenvalue weighted by atomic mass is 10.1. The molecule has 1 unspecified atom stereocenters. The molecule has 0 spiro atoms. The molecule has 0 radical (unpaired) electrons. The van der Waals surface area contributed by atoms with Gasteiger partial charge in [-0.05, 0) is 12.8 Å². The van der Waals surface area contributed by atoms with Gasteiger partial charge in [0.05, 0.1) is 0 Å². The van der Waals surface area contributed by atoms with Gasteiger partial charge in [0.25, 0.3) is 0 Å². The smallest absolute Gasteiger partial charge is 0.0234 e. The van der Waals surface area contributed by atoms with Crippen molar-refractivity contribution in [3.8, 4) is 0 Å². The minimum atomic E-state index is -0.534. The second kappa shape index (κ2) is 16.2. The molecule has 0 amide bonds. The molecule has 0 N–H and O–H groups in total. The van der Waals surface area contributed by atoms with E-state index in [1.165, 1.54) is 77.0 Å². The lowest BCUT2D eigenvalue weighted by molar-refractivity contribution is 0.562. The molecule has 0 aliphatic carbocycles. The summed E-state index contributed by atoms with van der Waals surface area (Å²) in [5.41, 5.74) is 0. The lowest BCUT2D eigenvalue weighted by Crippen LogP contribution is -2.02. The highest BCUT2D eigenvalue weighted by Crippen LogP contribution is 2.10. The van der Waals surface area contributed by atoms with Crippen molar-refractivity contribution in [1.29, 1.82) is 0 Å². The number of unbranched alkanes of at least 4 members (excludes halogenated alkanes) is 11. The largest absolute Gasteiger partial charge is 0.260 e. The zero-order valence-corrected chi connectivity index (χ0v) is 14.2. The SMILES string of the molecule is CCCCCCCCCCCCS(=O)CCCCC. The summed E-state index contributed by atoms with van der Waals surface area (Å²) in [5, 5.41) is 0. The molecule has 116 valence electrons. The van der Waals surface area contributed by atoms with Gasteiger partial charge in [-0.2, -0.15) is 0 Å². The molecule has 0 aliphatic rings. The Bertz CT molecular complexity index is 192. The van der Waals surface area contributed by atoms with Crippen LogP contribution in [0.4, 0.5) is 0 Å². The Kier molecular flexibility index (Phi) is 16.3. The van der Waals surface area contributed by atoms with E-state index in [9.17, 15) is 4.21 Å². The van der Waals surface area contributed by atoms with Gasteiger partial charge in [-0.1, -0.05) is 84.5 Å². The third-order valence-electron chi connectivity index (χ3n) is 3.70. The maximum atomic E-state index is 11.7.